The van der Waals surface area contributed by atoms with Crippen LogP contribution in [0.4, 0.5) is 0 Å². The van der Waals surface area contributed by atoms with Gasteiger partial charge in [-0.3, -0.25) is 4.79 Å². The molecule has 2 rings (SSSR count). The summed E-state index contributed by atoms with van der Waals surface area (Å²) in [6, 6.07) is 5.15. The second-order valence-electron chi connectivity index (χ2n) is 5.20. The fourth-order valence-corrected chi connectivity index (χ4v) is 3.07. The van der Waals surface area contributed by atoms with Crippen LogP contribution in [0, 0.1) is 9.49 Å². The first-order valence-corrected chi connectivity index (χ1v) is 8.18. The highest BCUT2D eigenvalue weighted by Crippen LogP contribution is 2.22. The van der Waals surface area contributed by atoms with Crippen molar-refractivity contribution in [1.29, 1.82) is 0 Å². The summed E-state index contributed by atoms with van der Waals surface area (Å²) in [5.41, 5.74) is 0.410. The van der Waals surface area contributed by atoms with E-state index in [4.69, 9.17) is 0 Å². The van der Waals surface area contributed by atoms with Crippen molar-refractivity contribution in [3.8, 4) is 5.75 Å². The average Bonchev–Trinajstić information content (AvgIpc) is 2.47. The number of amides is 1. The molecule has 1 aromatic rings. The molecule has 1 aliphatic rings. The lowest BCUT2D eigenvalue weighted by molar-refractivity contribution is 0.0723. The number of piperidine rings is 1. The highest BCUT2D eigenvalue weighted by atomic mass is 127. The maximum absolute atomic E-state index is 12.6. The van der Waals surface area contributed by atoms with Crippen LogP contribution >= 0.6 is 22.6 Å². The van der Waals surface area contributed by atoms with Gasteiger partial charge in [-0.25, -0.2) is 0 Å². The molecule has 5 heteroatoms. The third-order valence-corrected chi connectivity index (χ3v) is 4.47. The van der Waals surface area contributed by atoms with E-state index < -0.39 is 0 Å². The van der Waals surface area contributed by atoms with Gasteiger partial charge in [-0.1, -0.05) is 0 Å². The second-order valence-corrected chi connectivity index (χ2v) is 6.44. The lowest BCUT2D eigenvalue weighted by Gasteiger charge is -2.29. The van der Waals surface area contributed by atoms with Crippen LogP contribution in [0.25, 0.3) is 0 Å². The Morgan fingerprint density at radius 3 is 2.80 bits per heavy atom. The topological polar surface area (TPSA) is 52.6 Å². The van der Waals surface area contributed by atoms with Crippen LogP contribution in [-0.4, -0.2) is 42.1 Å². The van der Waals surface area contributed by atoms with E-state index in [0.717, 1.165) is 36.0 Å². The number of carbonyl (C=O) groups is 1. The van der Waals surface area contributed by atoms with Crippen LogP contribution in [0.3, 0.4) is 0 Å². The van der Waals surface area contributed by atoms with Crippen molar-refractivity contribution in [1.82, 2.24) is 10.2 Å². The lowest BCUT2D eigenvalue weighted by atomic mass is 9.97. The molecule has 20 heavy (non-hydrogen) atoms. The van der Waals surface area contributed by atoms with Crippen molar-refractivity contribution < 1.29 is 9.90 Å². The molecular weight excluding hydrogens is 367 g/mol. The molecule has 0 unspecified atom stereocenters. The maximum atomic E-state index is 12.6. The van der Waals surface area contributed by atoms with Crippen molar-refractivity contribution >= 4 is 28.5 Å². The number of hydrogen-bond donors (Lipinski definition) is 2. The Kier molecular flexibility index (Phi) is 5.65. The summed E-state index contributed by atoms with van der Waals surface area (Å²) < 4.78 is 0.960. The second kappa shape index (κ2) is 7.26. The van der Waals surface area contributed by atoms with Crippen molar-refractivity contribution in [2.24, 2.45) is 5.92 Å². The average molecular weight is 388 g/mol. The molecule has 0 aliphatic carbocycles. The number of hydrogen-bond acceptors (Lipinski definition) is 3. The number of benzene rings is 1. The van der Waals surface area contributed by atoms with Gasteiger partial charge in [0.1, 0.15) is 5.75 Å². The lowest BCUT2D eigenvalue weighted by Crippen LogP contribution is -2.39. The minimum absolute atomic E-state index is 0.0675. The molecule has 110 valence electrons. The minimum atomic E-state index is -0.0675. The summed E-state index contributed by atoms with van der Waals surface area (Å²) in [5.74, 6) is 0.561. The maximum Gasteiger partial charge on any atom is 0.257 e. The molecule has 2 N–H and O–H groups in total. The Labute approximate surface area is 133 Å². The number of phenols is 1. The molecule has 0 atom stereocenters. The molecular formula is C15H21IN2O2. The molecule has 0 bridgehead atoms. The highest BCUT2D eigenvalue weighted by molar-refractivity contribution is 14.1. The van der Waals surface area contributed by atoms with Crippen molar-refractivity contribution in [3.63, 3.8) is 0 Å². The number of carbonyl (C=O) groups excluding carboxylic acids is 1. The fourth-order valence-electron chi connectivity index (χ4n) is 2.58. The van der Waals surface area contributed by atoms with Crippen LogP contribution in [0.1, 0.15) is 30.1 Å². The van der Waals surface area contributed by atoms with E-state index in [1.165, 1.54) is 0 Å². The van der Waals surface area contributed by atoms with Gasteiger partial charge < -0.3 is 15.3 Å². The van der Waals surface area contributed by atoms with Crippen LogP contribution in [0.2, 0.25) is 0 Å². The van der Waals surface area contributed by atoms with Crippen molar-refractivity contribution in [3.05, 3.63) is 27.3 Å². The molecule has 1 saturated heterocycles. The normalized spacial score (nSPS) is 16.1. The molecule has 1 aliphatic heterocycles. The number of rotatable bonds is 4. The zero-order valence-corrected chi connectivity index (χ0v) is 13.9. The van der Waals surface area contributed by atoms with E-state index in [1.807, 2.05) is 11.8 Å². The zero-order valence-electron chi connectivity index (χ0n) is 11.7. The molecule has 0 spiro atoms. The van der Waals surface area contributed by atoms with E-state index in [-0.39, 0.29) is 11.7 Å². The van der Waals surface area contributed by atoms with Crippen LogP contribution < -0.4 is 5.32 Å². The molecule has 4 nitrogen and oxygen atoms in total. The number of nitrogens with zero attached hydrogens (tertiary/aromatic N) is 1. The van der Waals surface area contributed by atoms with Gasteiger partial charge in [0.25, 0.3) is 5.91 Å². The summed E-state index contributed by atoms with van der Waals surface area (Å²) in [7, 11) is 0. The van der Waals surface area contributed by atoms with Gasteiger partial charge in [-0.05, 0) is 79.6 Å². The van der Waals surface area contributed by atoms with Gasteiger partial charge in [0.2, 0.25) is 0 Å². The predicted molar refractivity (Wildman–Crippen MR) is 88.0 cm³/mol. The number of halogens is 1. The van der Waals surface area contributed by atoms with E-state index in [2.05, 4.69) is 27.9 Å². The summed E-state index contributed by atoms with van der Waals surface area (Å²) in [6.45, 7) is 5.51. The first-order valence-electron chi connectivity index (χ1n) is 7.10. The zero-order chi connectivity index (χ0) is 14.5. The molecule has 0 aromatic heterocycles. The van der Waals surface area contributed by atoms with Gasteiger partial charge in [0.15, 0.2) is 0 Å². The summed E-state index contributed by atoms with van der Waals surface area (Å²) in [6.07, 6.45) is 2.23. The summed E-state index contributed by atoms with van der Waals surface area (Å²) in [4.78, 5) is 14.4. The van der Waals surface area contributed by atoms with Gasteiger partial charge in [-0.2, -0.15) is 0 Å². The molecule has 1 amide bonds. The Morgan fingerprint density at radius 1 is 1.45 bits per heavy atom. The van der Waals surface area contributed by atoms with Gasteiger partial charge in [0, 0.05) is 16.7 Å². The van der Waals surface area contributed by atoms with E-state index in [9.17, 15) is 9.90 Å². The standard InChI is InChI=1S/C15H21IN2O2/c1-2-18(10-11-5-7-17-8-6-11)15(20)13-9-12(16)3-4-14(13)19/h3-4,9,11,17,19H,2,5-8,10H2,1H3. The van der Waals surface area contributed by atoms with Gasteiger partial charge in [-0.15, -0.1) is 0 Å². The molecule has 1 heterocycles. The third-order valence-electron chi connectivity index (χ3n) is 3.80. The van der Waals surface area contributed by atoms with Gasteiger partial charge in [0.05, 0.1) is 5.56 Å². The first-order chi connectivity index (χ1) is 9.61. The SMILES string of the molecule is CCN(CC1CCNCC1)C(=O)c1cc(I)ccc1O. The van der Waals surface area contributed by atoms with Crippen LogP contribution in [0.5, 0.6) is 5.75 Å². The first kappa shape index (κ1) is 15.6. The Bertz CT molecular complexity index is 473. The Morgan fingerprint density at radius 2 is 2.15 bits per heavy atom. The largest absolute Gasteiger partial charge is 0.507 e. The van der Waals surface area contributed by atoms with E-state index >= 15 is 0 Å². The van der Waals surface area contributed by atoms with Crippen molar-refractivity contribution in [2.45, 2.75) is 19.8 Å². The van der Waals surface area contributed by atoms with Crippen LogP contribution in [-0.2, 0) is 0 Å². The minimum Gasteiger partial charge on any atom is -0.507 e. The smallest absolute Gasteiger partial charge is 0.257 e. The Balaban J connectivity index is 2.09. The number of nitrogens with one attached hydrogen (secondary N) is 1. The van der Waals surface area contributed by atoms with E-state index in [1.54, 1.807) is 18.2 Å². The predicted octanol–water partition coefficient (Wildman–Crippen LogP) is 2.46. The van der Waals surface area contributed by atoms with Gasteiger partial charge >= 0.3 is 0 Å². The van der Waals surface area contributed by atoms with Crippen LogP contribution in [0.15, 0.2) is 18.2 Å². The number of phenolic OH excluding ortho intramolecular Hbond substituents is 1. The highest BCUT2D eigenvalue weighted by Gasteiger charge is 2.22. The quantitative estimate of drug-likeness (QED) is 0.780. The third kappa shape index (κ3) is 3.85. The van der Waals surface area contributed by atoms with Crippen molar-refractivity contribution in [2.75, 3.05) is 26.2 Å². The summed E-state index contributed by atoms with van der Waals surface area (Å²) >= 11 is 2.16. The fraction of sp³-hybridized carbons (Fsp3) is 0.533. The molecule has 1 fully saturated rings. The van der Waals surface area contributed by atoms with E-state index in [0.29, 0.717) is 18.0 Å². The molecule has 0 radical (unpaired) electrons. The monoisotopic (exact) mass is 388 g/mol. The molecule has 0 saturated carbocycles. The molecule has 1 aromatic carbocycles. The summed E-state index contributed by atoms with van der Waals surface area (Å²) in [5, 5.41) is 13.2. The number of aromatic hydroxyl groups is 1. The Hall–Kier alpha value is -0.820.